The van der Waals surface area contributed by atoms with Crippen molar-refractivity contribution < 1.29 is 13.5 Å². The number of anilines is 1. The third-order valence-corrected chi connectivity index (χ3v) is 4.96. The molecule has 6 heteroatoms. The summed E-state index contributed by atoms with van der Waals surface area (Å²) in [4.78, 5) is 0.115. The first kappa shape index (κ1) is 14.7. The molecular weight excluding hydrogens is 322 g/mol. The lowest BCUT2D eigenvalue weighted by atomic mass is 10.1. The van der Waals surface area contributed by atoms with E-state index in [-0.39, 0.29) is 10.6 Å². The molecule has 112 valence electrons. The highest BCUT2D eigenvalue weighted by Gasteiger charge is 2.19. The second-order valence-electron chi connectivity index (χ2n) is 4.75. The average Bonchev–Trinajstić information content (AvgIpc) is 2.49. The van der Waals surface area contributed by atoms with Crippen molar-refractivity contribution >= 4 is 38.1 Å². The first-order valence-corrected chi connectivity index (χ1v) is 8.32. The van der Waals surface area contributed by atoms with Crippen molar-refractivity contribution in [3.05, 3.63) is 65.7 Å². The van der Waals surface area contributed by atoms with E-state index in [9.17, 15) is 13.5 Å². The molecule has 0 amide bonds. The Labute approximate surface area is 133 Å². The lowest BCUT2D eigenvalue weighted by molar-refractivity contribution is 0.475. The number of benzene rings is 3. The molecule has 0 unspecified atom stereocenters. The molecule has 0 heterocycles. The van der Waals surface area contributed by atoms with Crippen LogP contribution < -0.4 is 4.72 Å². The van der Waals surface area contributed by atoms with Gasteiger partial charge in [-0.2, -0.15) is 0 Å². The summed E-state index contributed by atoms with van der Waals surface area (Å²) in [6, 6.07) is 16.0. The molecule has 0 radical (unpaired) electrons. The number of fused-ring (bicyclic) bond motifs is 1. The van der Waals surface area contributed by atoms with Gasteiger partial charge >= 0.3 is 0 Å². The molecule has 3 rings (SSSR count). The van der Waals surface area contributed by atoms with Crippen LogP contribution in [0.2, 0.25) is 5.02 Å². The summed E-state index contributed by atoms with van der Waals surface area (Å²) in [5, 5.41) is 10.9. The number of hydrogen-bond donors (Lipinski definition) is 2. The summed E-state index contributed by atoms with van der Waals surface area (Å²) in [5.74, 6) is 0.0659. The van der Waals surface area contributed by atoms with E-state index < -0.39 is 10.0 Å². The van der Waals surface area contributed by atoms with Gasteiger partial charge in [-0.3, -0.25) is 4.72 Å². The molecule has 22 heavy (non-hydrogen) atoms. The largest absolute Gasteiger partial charge is 0.508 e. The maximum atomic E-state index is 12.6. The summed E-state index contributed by atoms with van der Waals surface area (Å²) < 4.78 is 27.7. The Kier molecular flexibility index (Phi) is 3.68. The van der Waals surface area contributed by atoms with E-state index in [1.165, 1.54) is 30.3 Å². The summed E-state index contributed by atoms with van der Waals surface area (Å²) in [5.41, 5.74) is 0.363. The van der Waals surface area contributed by atoms with Gasteiger partial charge in [0, 0.05) is 16.1 Å². The summed E-state index contributed by atoms with van der Waals surface area (Å²) in [6.45, 7) is 0. The number of halogens is 1. The van der Waals surface area contributed by atoms with Crippen molar-refractivity contribution in [1.29, 1.82) is 0 Å². The molecule has 0 atom stereocenters. The maximum Gasteiger partial charge on any atom is 0.262 e. The van der Waals surface area contributed by atoms with Gasteiger partial charge in [0.25, 0.3) is 10.0 Å². The van der Waals surface area contributed by atoms with Crippen LogP contribution in [0.5, 0.6) is 5.75 Å². The van der Waals surface area contributed by atoms with Crippen LogP contribution in [0.25, 0.3) is 10.8 Å². The Morgan fingerprint density at radius 1 is 0.909 bits per heavy atom. The predicted octanol–water partition coefficient (Wildman–Crippen LogP) is 4.00. The number of rotatable bonds is 3. The Bertz CT molecular complexity index is 932. The van der Waals surface area contributed by atoms with Crippen molar-refractivity contribution in [3.8, 4) is 5.75 Å². The van der Waals surface area contributed by atoms with Crippen molar-refractivity contribution in [2.24, 2.45) is 0 Å². The normalized spacial score (nSPS) is 11.5. The highest BCUT2D eigenvalue weighted by Crippen LogP contribution is 2.31. The van der Waals surface area contributed by atoms with E-state index in [0.29, 0.717) is 16.1 Å². The standard InChI is InChI=1S/C16H12ClNO3S/c17-14-5-1-3-11-4-2-6-15(16(11)14)22(20,21)18-12-7-9-13(19)10-8-12/h1-10,18-19H. The summed E-state index contributed by atoms with van der Waals surface area (Å²) in [6.07, 6.45) is 0. The van der Waals surface area contributed by atoms with Crippen molar-refractivity contribution in [2.75, 3.05) is 4.72 Å². The number of aromatic hydroxyl groups is 1. The second-order valence-corrected chi connectivity index (χ2v) is 6.80. The van der Waals surface area contributed by atoms with Crippen molar-refractivity contribution in [2.45, 2.75) is 4.90 Å². The van der Waals surface area contributed by atoms with E-state index in [0.717, 1.165) is 5.39 Å². The fourth-order valence-corrected chi connectivity index (χ4v) is 3.88. The minimum absolute atomic E-state index is 0.0659. The van der Waals surface area contributed by atoms with E-state index in [1.807, 2.05) is 0 Å². The Morgan fingerprint density at radius 2 is 1.55 bits per heavy atom. The molecule has 0 aliphatic rings. The number of hydrogen-bond acceptors (Lipinski definition) is 3. The van der Waals surface area contributed by atoms with Gasteiger partial charge in [-0.05, 0) is 41.8 Å². The van der Waals surface area contributed by atoms with E-state index in [2.05, 4.69) is 4.72 Å². The first-order chi connectivity index (χ1) is 10.5. The molecule has 0 spiro atoms. The molecule has 0 fully saturated rings. The average molecular weight is 334 g/mol. The lowest BCUT2D eigenvalue weighted by Gasteiger charge is -2.11. The minimum atomic E-state index is -3.79. The van der Waals surface area contributed by atoms with Crippen LogP contribution in [0.15, 0.2) is 65.6 Å². The molecule has 0 aliphatic carbocycles. The van der Waals surface area contributed by atoms with Gasteiger partial charge < -0.3 is 5.11 Å². The lowest BCUT2D eigenvalue weighted by Crippen LogP contribution is -2.13. The molecule has 3 aromatic rings. The molecule has 3 aromatic carbocycles. The zero-order chi connectivity index (χ0) is 15.7. The Morgan fingerprint density at radius 3 is 2.23 bits per heavy atom. The molecule has 0 aromatic heterocycles. The van der Waals surface area contributed by atoms with Gasteiger partial charge in [0.15, 0.2) is 0 Å². The van der Waals surface area contributed by atoms with Gasteiger partial charge in [0.1, 0.15) is 5.75 Å². The van der Waals surface area contributed by atoms with Crippen molar-refractivity contribution in [1.82, 2.24) is 0 Å². The predicted molar refractivity (Wildman–Crippen MR) is 87.9 cm³/mol. The second kappa shape index (κ2) is 5.51. The number of nitrogens with one attached hydrogen (secondary N) is 1. The number of phenolic OH excluding ortho intramolecular Hbond substituents is 1. The van der Waals surface area contributed by atoms with Crippen LogP contribution >= 0.6 is 11.6 Å². The smallest absolute Gasteiger partial charge is 0.262 e. The molecule has 0 aliphatic heterocycles. The van der Waals surface area contributed by atoms with Gasteiger partial charge in [-0.1, -0.05) is 35.9 Å². The molecule has 4 nitrogen and oxygen atoms in total. The van der Waals surface area contributed by atoms with Gasteiger partial charge in [0.2, 0.25) is 0 Å². The monoisotopic (exact) mass is 333 g/mol. The zero-order valence-corrected chi connectivity index (χ0v) is 12.9. The molecule has 0 saturated carbocycles. The highest BCUT2D eigenvalue weighted by molar-refractivity contribution is 7.93. The van der Waals surface area contributed by atoms with Gasteiger partial charge in [0.05, 0.1) is 4.90 Å². The van der Waals surface area contributed by atoms with Gasteiger partial charge in [-0.15, -0.1) is 0 Å². The Hall–Kier alpha value is -2.24. The topological polar surface area (TPSA) is 66.4 Å². The van der Waals surface area contributed by atoms with E-state index in [1.54, 1.807) is 30.3 Å². The third-order valence-electron chi connectivity index (χ3n) is 3.22. The molecule has 2 N–H and O–H groups in total. The van der Waals surface area contributed by atoms with E-state index >= 15 is 0 Å². The van der Waals surface area contributed by atoms with E-state index in [4.69, 9.17) is 11.6 Å². The van der Waals surface area contributed by atoms with Crippen LogP contribution in [0.1, 0.15) is 0 Å². The molecule has 0 saturated heterocycles. The number of sulfonamides is 1. The van der Waals surface area contributed by atoms with Crippen LogP contribution in [-0.4, -0.2) is 13.5 Å². The SMILES string of the molecule is O=S(=O)(Nc1ccc(O)cc1)c1cccc2cccc(Cl)c12. The fraction of sp³-hybridized carbons (Fsp3) is 0. The number of phenols is 1. The van der Waals surface area contributed by atoms with Crippen LogP contribution in [0.3, 0.4) is 0 Å². The van der Waals surface area contributed by atoms with Crippen LogP contribution in [-0.2, 0) is 10.0 Å². The maximum absolute atomic E-state index is 12.6. The van der Waals surface area contributed by atoms with Gasteiger partial charge in [-0.25, -0.2) is 8.42 Å². The minimum Gasteiger partial charge on any atom is -0.508 e. The quantitative estimate of drug-likeness (QED) is 0.712. The summed E-state index contributed by atoms with van der Waals surface area (Å²) in [7, 11) is -3.79. The zero-order valence-electron chi connectivity index (χ0n) is 11.3. The third kappa shape index (κ3) is 2.73. The molecular formula is C16H12ClNO3S. The first-order valence-electron chi connectivity index (χ1n) is 6.46. The highest BCUT2D eigenvalue weighted by atomic mass is 35.5. The fourth-order valence-electron chi connectivity index (χ4n) is 2.23. The summed E-state index contributed by atoms with van der Waals surface area (Å²) >= 11 is 6.17. The van der Waals surface area contributed by atoms with Crippen LogP contribution in [0.4, 0.5) is 5.69 Å². The Balaban J connectivity index is 2.11. The van der Waals surface area contributed by atoms with Crippen molar-refractivity contribution in [3.63, 3.8) is 0 Å². The molecule has 0 bridgehead atoms. The van der Waals surface area contributed by atoms with Crippen LogP contribution in [0, 0.1) is 0 Å².